The molecule has 9 heteroatoms. The molecule has 0 bridgehead atoms. The van der Waals surface area contributed by atoms with Gasteiger partial charge in [-0.25, -0.2) is 18.6 Å². The fraction of sp³-hybridized carbons (Fsp3) is 0.100. The average molecular weight is 292 g/mol. The van der Waals surface area contributed by atoms with E-state index in [1.165, 1.54) is 0 Å². The molecule has 0 aliphatic heterocycles. The number of carbonyl (C=O) groups is 1. The molecule has 2 aromatic rings. The van der Waals surface area contributed by atoms with Crippen LogP contribution in [0.4, 0.5) is 13.2 Å². The predicted octanol–water partition coefficient (Wildman–Crippen LogP) is 2.70. The Hall–Kier alpha value is -2.09. The normalized spacial score (nSPS) is 11.0. The number of pyridine rings is 1. The molecule has 0 saturated carbocycles. The molecule has 0 radical (unpaired) electrons. The molecule has 0 amide bonds. The Labute approximate surface area is 109 Å². The van der Waals surface area contributed by atoms with Gasteiger partial charge in [0.2, 0.25) is 5.95 Å². The van der Waals surface area contributed by atoms with E-state index in [4.69, 9.17) is 16.7 Å². The van der Waals surface area contributed by atoms with Crippen molar-refractivity contribution in [1.82, 2.24) is 14.8 Å². The first-order chi connectivity index (χ1) is 8.90. The van der Waals surface area contributed by atoms with Gasteiger partial charge < -0.3 is 5.11 Å². The number of hydrogen-bond acceptors (Lipinski definition) is 3. The van der Waals surface area contributed by atoms with Crippen LogP contribution in [0.1, 0.15) is 22.5 Å². The highest BCUT2D eigenvalue weighted by Gasteiger charge is 2.21. The van der Waals surface area contributed by atoms with Crippen molar-refractivity contribution in [2.75, 3.05) is 0 Å². The molecule has 5 nitrogen and oxygen atoms in total. The van der Waals surface area contributed by atoms with Crippen LogP contribution in [-0.4, -0.2) is 25.8 Å². The van der Waals surface area contributed by atoms with Crippen molar-refractivity contribution in [3.63, 3.8) is 0 Å². The Morgan fingerprint density at radius 1 is 1.42 bits per heavy atom. The predicted molar refractivity (Wildman–Crippen MR) is 58.2 cm³/mol. The van der Waals surface area contributed by atoms with Gasteiger partial charge in [0, 0.05) is 6.07 Å². The van der Waals surface area contributed by atoms with Crippen molar-refractivity contribution >= 4 is 17.6 Å². The maximum Gasteiger partial charge on any atom is 0.356 e. The zero-order chi connectivity index (χ0) is 14.2. The number of halogens is 4. The lowest BCUT2D eigenvalue weighted by Crippen LogP contribution is -2.08. The summed E-state index contributed by atoms with van der Waals surface area (Å²) in [6.45, 7) is 0. The van der Waals surface area contributed by atoms with Crippen LogP contribution in [0.25, 0.3) is 5.82 Å². The van der Waals surface area contributed by atoms with E-state index in [2.05, 4.69) is 10.1 Å². The van der Waals surface area contributed by atoms with E-state index in [9.17, 15) is 18.0 Å². The van der Waals surface area contributed by atoms with Crippen LogP contribution in [0.5, 0.6) is 0 Å². The van der Waals surface area contributed by atoms with Gasteiger partial charge in [-0.05, 0) is 12.1 Å². The van der Waals surface area contributed by atoms with E-state index in [1.807, 2.05) is 0 Å². The Morgan fingerprint density at radius 2 is 2.11 bits per heavy atom. The lowest BCUT2D eigenvalue weighted by molar-refractivity contribution is 0.0690. The third-order valence-corrected chi connectivity index (χ3v) is 2.40. The molecule has 0 atom stereocenters. The first-order valence-electron chi connectivity index (χ1n) is 4.84. The molecule has 1 N–H and O–H groups in total. The van der Waals surface area contributed by atoms with Crippen LogP contribution in [0.15, 0.2) is 18.2 Å². The fourth-order valence-corrected chi connectivity index (χ4v) is 1.53. The van der Waals surface area contributed by atoms with Gasteiger partial charge in [0.25, 0.3) is 6.43 Å². The van der Waals surface area contributed by atoms with E-state index in [0.717, 1.165) is 12.1 Å². The second-order valence-corrected chi connectivity index (χ2v) is 3.80. The lowest BCUT2D eigenvalue weighted by atomic mass is 10.2. The summed E-state index contributed by atoms with van der Waals surface area (Å²) >= 11 is 5.56. The summed E-state index contributed by atoms with van der Waals surface area (Å²) in [5.74, 6) is -3.17. The molecule has 0 aliphatic carbocycles. The van der Waals surface area contributed by atoms with Crippen molar-refractivity contribution in [3.05, 3.63) is 40.6 Å². The van der Waals surface area contributed by atoms with Gasteiger partial charge in [-0.15, -0.1) is 0 Å². The Morgan fingerprint density at radius 3 is 2.63 bits per heavy atom. The molecule has 19 heavy (non-hydrogen) atoms. The molecule has 0 spiro atoms. The number of hydrogen-bond donors (Lipinski definition) is 1. The molecule has 2 aromatic heterocycles. The molecule has 100 valence electrons. The minimum Gasteiger partial charge on any atom is -0.476 e. The van der Waals surface area contributed by atoms with Crippen LogP contribution in [-0.2, 0) is 0 Å². The minimum absolute atomic E-state index is 0.147. The van der Waals surface area contributed by atoms with Gasteiger partial charge in [-0.1, -0.05) is 11.6 Å². The number of rotatable bonds is 3. The van der Waals surface area contributed by atoms with Gasteiger partial charge in [0.1, 0.15) is 5.15 Å². The van der Waals surface area contributed by atoms with Gasteiger partial charge >= 0.3 is 5.97 Å². The Bertz CT molecular complexity index is 645. The summed E-state index contributed by atoms with van der Waals surface area (Å²) < 4.78 is 39.5. The molecule has 0 aliphatic rings. The number of alkyl halides is 2. The van der Waals surface area contributed by atoms with E-state index in [0.29, 0.717) is 10.7 Å². The Balaban J connectivity index is 2.64. The van der Waals surface area contributed by atoms with Crippen LogP contribution >= 0.6 is 11.6 Å². The van der Waals surface area contributed by atoms with Crippen molar-refractivity contribution < 1.29 is 23.1 Å². The fourth-order valence-electron chi connectivity index (χ4n) is 1.39. The van der Waals surface area contributed by atoms with E-state index in [1.54, 1.807) is 0 Å². The molecule has 0 aromatic carbocycles. The molecule has 0 fully saturated rings. The number of aromatic carboxylic acids is 1. The third kappa shape index (κ3) is 2.53. The van der Waals surface area contributed by atoms with Gasteiger partial charge in [-0.3, -0.25) is 0 Å². The van der Waals surface area contributed by atoms with Crippen LogP contribution in [0, 0.1) is 5.95 Å². The van der Waals surface area contributed by atoms with Crippen LogP contribution < -0.4 is 0 Å². The smallest absolute Gasteiger partial charge is 0.356 e. The molecule has 0 unspecified atom stereocenters. The number of aromatic nitrogens is 3. The number of nitrogens with zero attached hydrogens (tertiary/aromatic N) is 3. The first-order valence-corrected chi connectivity index (χ1v) is 5.21. The van der Waals surface area contributed by atoms with Crippen molar-refractivity contribution in [2.45, 2.75) is 6.43 Å². The summed E-state index contributed by atoms with van der Waals surface area (Å²) in [6.07, 6.45) is -2.93. The van der Waals surface area contributed by atoms with E-state index < -0.39 is 35.4 Å². The molecule has 2 rings (SSSR count). The van der Waals surface area contributed by atoms with Crippen molar-refractivity contribution in [3.8, 4) is 5.82 Å². The van der Waals surface area contributed by atoms with Crippen LogP contribution in [0.3, 0.4) is 0 Å². The second kappa shape index (κ2) is 4.88. The lowest BCUT2D eigenvalue weighted by Gasteiger charge is -2.08. The van der Waals surface area contributed by atoms with Gasteiger partial charge in [-0.2, -0.15) is 14.2 Å². The monoisotopic (exact) mass is 291 g/mol. The summed E-state index contributed by atoms with van der Waals surface area (Å²) in [6, 6.07) is 2.68. The average Bonchev–Trinajstić information content (AvgIpc) is 2.71. The zero-order valence-electron chi connectivity index (χ0n) is 9.02. The summed E-state index contributed by atoms with van der Waals surface area (Å²) in [5, 5.41) is 11.9. The first kappa shape index (κ1) is 13.3. The SMILES string of the molecule is O=C(O)c1cc(F)n(-c2nc(Cl)ccc2C(F)F)n1. The zero-order valence-corrected chi connectivity index (χ0v) is 9.77. The third-order valence-electron chi connectivity index (χ3n) is 2.19. The topological polar surface area (TPSA) is 68.0 Å². The standard InChI is InChI=1S/C10H5ClF3N3O2/c11-6-2-1-4(8(13)14)9(15-6)17-7(12)3-5(16-17)10(18)19/h1-3,8H,(H,18,19). The highest BCUT2D eigenvalue weighted by molar-refractivity contribution is 6.29. The summed E-state index contributed by atoms with van der Waals surface area (Å²) in [5.41, 5.74) is -1.23. The van der Waals surface area contributed by atoms with Gasteiger partial charge in [0.15, 0.2) is 11.5 Å². The van der Waals surface area contributed by atoms with Crippen molar-refractivity contribution in [1.29, 1.82) is 0 Å². The maximum absolute atomic E-state index is 13.5. The maximum atomic E-state index is 13.5. The summed E-state index contributed by atoms with van der Waals surface area (Å²) in [4.78, 5) is 14.2. The highest BCUT2D eigenvalue weighted by atomic mass is 35.5. The second-order valence-electron chi connectivity index (χ2n) is 3.42. The van der Waals surface area contributed by atoms with E-state index >= 15 is 0 Å². The minimum atomic E-state index is -2.93. The molecular weight excluding hydrogens is 287 g/mol. The number of carboxylic acids is 1. The Kier molecular flexibility index (Phi) is 3.43. The molecular formula is C10H5ClF3N3O2. The number of carboxylic acid groups (broad SMARTS) is 1. The van der Waals surface area contributed by atoms with E-state index in [-0.39, 0.29) is 5.15 Å². The highest BCUT2D eigenvalue weighted by Crippen LogP contribution is 2.26. The quantitative estimate of drug-likeness (QED) is 0.883. The largest absolute Gasteiger partial charge is 0.476 e. The molecule has 0 saturated heterocycles. The van der Waals surface area contributed by atoms with Crippen molar-refractivity contribution in [2.24, 2.45) is 0 Å². The van der Waals surface area contributed by atoms with Crippen LogP contribution in [0.2, 0.25) is 5.15 Å². The summed E-state index contributed by atoms with van der Waals surface area (Å²) in [7, 11) is 0. The van der Waals surface area contributed by atoms with Gasteiger partial charge in [0.05, 0.1) is 5.56 Å². The molecule has 2 heterocycles.